The maximum Gasteiger partial charge on any atom is 0.226 e. The number of pyridine rings is 2. The van der Waals surface area contributed by atoms with E-state index in [0.29, 0.717) is 6.42 Å². The van der Waals surface area contributed by atoms with Crippen LogP contribution in [0.5, 0.6) is 0 Å². The normalized spacial score (nSPS) is 17.3. The summed E-state index contributed by atoms with van der Waals surface area (Å²) in [6.45, 7) is 7.26. The van der Waals surface area contributed by atoms with Gasteiger partial charge in [-0.15, -0.1) is 0 Å². The Morgan fingerprint density at radius 3 is 3.00 bits per heavy atom. The summed E-state index contributed by atoms with van der Waals surface area (Å²) in [7, 11) is 0. The Morgan fingerprint density at radius 2 is 2.18 bits per heavy atom. The topological polar surface area (TPSA) is 75.9 Å². The molecule has 3 aromatic heterocycles. The molecule has 1 amide bonds. The molecule has 4 heterocycles. The van der Waals surface area contributed by atoms with Crippen LogP contribution in [-0.4, -0.2) is 56.2 Å². The number of fused-ring (bicyclic) bond motifs is 1. The van der Waals surface area contributed by atoms with Crippen LogP contribution in [0.4, 0.5) is 0 Å². The Balaban J connectivity index is 1.43. The first-order chi connectivity index (χ1) is 13.6. The molecule has 0 bridgehead atoms. The fraction of sp³-hybridized carbons (Fsp3) is 0.429. The van der Waals surface area contributed by atoms with Crippen molar-refractivity contribution < 1.29 is 4.79 Å². The molecule has 1 saturated heterocycles. The molecule has 0 radical (unpaired) electrons. The zero-order valence-electron chi connectivity index (χ0n) is 16.4. The van der Waals surface area contributed by atoms with Crippen molar-refractivity contribution in [1.29, 1.82) is 0 Å². The zero-order chi connectivity index (χ0) is 19.5. The maximum atomic E-state index is 12.4. The number of nitrogens with zero attached hydrogens (tertiary/aromatic N) is 5. The Bertz CT molecular complexity index is 982. The number of likely N-dealkylation sites (tertiary alicyclic amines) is 1. The molecule has 7 heteroatoms. The smallest absolute Gasteiger partial charge is 0.226 e. The highest BCUT2D eigenvalue weighted by molar-refractivity contribution is 5.83. The third-order valence-corrected chi connectivity index (χ3v) is 5.15. The van der Waals surface area contributed by atoms with E-state index in [1.807, 2.05) is 36.0 Å². The van der Waals surface area contributed by atoms with E-state index in [0.717, 1.165) is 60.5 Å². The lowest BCUT2D eigenvalue weighted by atomic mass is 10.2. The molecule has 28 heavy (non-hydrogen) atoms. The lowest BCUT2D eigenvalue weighted by Crippen LogP contribution is -2.38. The summed E-state index contributed by atoms with van der Waals surface area (Å²) in [5, 5.41) is 8.61. The van der Waals surface area contributed by atoms with Crippen molar-refractivity contribution in [2.24, 2.45) is 0 Å². The van der Waals surface area contributed by atoms with Crippen LogP contribution in [0.1, 0.15) is 31.2 Å². The van der Waals surface area contributed by atoms with Crippen molar-refractivity contribution in [3.05, 3.63) is 48.2 Å². The molecule has 0 unspecified atom stereocenters. The number of carbonyl (C=O) groups excluding carboxylic acids is 1. The Hall–Kier alpha value is -2.80. The van der Waals surface area contributed by atoms with Crippen LogP contribution in [0.25, 0.3) is 16.6 Å². The minimum absolute atomic E-state index is 0.0346. The van der Waals surface area contributed by atoms with Crippen LogP contribution < -0.4 is 5.32 Å². The van der Waals surface area contributed by atoms with Gasteiger partial charge in [-0.1, -0.05) is 6.92 Å². The van der Waals surface area contributed by atoms with Gasteiger partial charge in [-0.2, -0.15) is 5.10 Å². The minimum atomic E-state index is 0.0346. The van der Waals surface area contributed by atoms with Gasteiger partial charge < -0.3 is 10.2 Å². The molecule has 1 N–H and O–H groups in total. The molecule has 0 aromatic carbocycles. The van der Waals surface area contributed by atoms with Crippen molar-refractivity contribution in [1.82, 2.24) is 30.0 Å². The molecule has 0 saturated carbocycles. The van der Waals surface area contributed by atoms with Crippen LogP contribution in [0.2, 0.25) is 0 Å². The summed E-state index contributed by atoms with van der Waals surface area (Å²) < 4.78 is 1.85. The Kier molecular flexibility index (Phi) is 5.34. The molecule has 7 nitrogen and oxygen atoms in total. The highest BCUT2D eigenvalue weighted by atomic mass is 16.1. The lowest BCUT2D eigenvalue weighted by Gasteiger charge is -2.15. The number of hydrogen-bond donors (Lipinski definition) is 1. The molecular formula is C21H26N6O. The fourth-order valence-electron chi connectivity index (χ4n) is 3.85. The molecule has 1 aliphatic heterocycles. The average Bonchev–Trinajstić information content (AvgIpc) is 3.28. The molecule has 3 aromatic rings. The number of hydrogen-bond acceptors (Lipinski definition) is 5. The van der Waals surface area contributed by atoms with Crippen LogP contribution in [0.3, 0.4) is 0 Å². The number of nitrogens with one attached hydrogen (secondary N) is 1. The predicted octanol–water partition coefficient (Wildman–Crippen LogP) is 2.27. The maximum absolute atomic E-state index is 12.4. The first-order valence-electron chi connectivity index (χ1n) is 9.90. The van der Waals surface area contributed by atoms with Gasteiger partial charge in [0.25, 0.3) is 0 Å². The summed E-state index contributed by atoms with van der Waals surface area (Å²) in [5.74, 6) is 0.0346. The molecular weight excluding hydrogens is 352 g/mol. The van der Waals surface area contributed by atoms with Crippen LogP contribution >= 0.6 is 0 Å². The number of amides is 1. The van der Waals surface area contributed by atoms with Gasteiger partial charge >= 0.3 is 0 Å². The van der Waals surface area contributed by atoms with Gasteiger partial charge in [0.15, 0.2) is 0 Å². The molecule has 4 rings (SSSR count). The third kappa shape index (κ3) is 4.04. The molecule has 1 atom stereocenters. The van der Waals surface area contributed by atoms with E-state index in [4.69, 9.17) is 0 Å². The first kappa shape index (κ1) is 18.6. The van der Waals surface area contributed by atoms with E-state index in [-0.39, 0.29) is 11.9 Å². The number of rotatable bonds is 6. The number of carbonyl (C=O) groups is 1. The van der Waals surface area contributed by atoms with E-state index in [9.17, 15) is 4.79 Å². The molecule has 1 fully saturated rings. The zero-order valence-corrected chi connectivity index (χ0v) is 16.4. The molecule has 0 spiro atoms. The van der Waals surface area contributed by atoms with E-state index in [1.54, 1.807) is 12.4 Å². The monoisotopic (exact) mass is 378 g/mol. The van der Waals surface area contributed by atoms with Gasteiger partial charge in [-0.25, -0.2) is 4.68 Å². The summed E-state index contributed by atoms with van der Waals surface area (Å²) in [6.07, 6.45) is 7.84. The molecule has 0 aliphatic carbocycles. The van der Waals surface area contributed by atoms with Gasteiger partial charge in [0, 0.05) is 36.4 Å². The molecule has 1 aliphatic rings. The Labute approximate surface area is 164 Å². The Morgan fingerprint density at radius 1 is 1.29 bits per heavy atom. The molecule has 146 valence electrons. The van der Waals surface area contributed by atoms with Gasteiger partial charge in [0.05, 0.1) is 35.7 Å². The largest absolute Gasteiger partial charge is 0.352 e. The van der Waals surface area contributed by atoms with Gasteiger partial charge in [0.1, 0.15) is 0 Å². The van der Waals surface area contributed by atoms with Crippen molar-refractivity contribution in [3.63, 3.8) is 0 Å². The van der Waals surface area contributed by atoms with E-state index >= 15 is 0 Å². The van der Waals surface area contributed by atoms with E-state index in [1.165, 1.54) is 0 Å². The lowest BCUT2D eigenvalue weighted by molar-refractivity contribution is -0.121. The standard InChI is InChI=1S/C21H26N6O/c1-3-7-26-8-5-17(14-26)25-21(28)11-18-10-16-12-24-27(20(16)13-23-18)19-4-6-22-15(2)9-19/h4,6,9-10,12-13,17H,3,5,7-8,11,14H2,1-2H3,(H,25,28)/t17-/m1/s1. The third-order valence-electron chi connectivity index (χ3n) is 5.15. The highest BCUT2D eigenvalue weighted by Gasteiger charge is 2.23. The minimum Gasteiger partial charge on any atom is -0.352 e. The average molecular weight is 378 g/mol. The van der Waals surface area contributed by atoms with Gasteiger partial charge in [-0.05, 0) is 44.5 Å². The summed E-state index contributed by atoms with van der Waals surface area (Å²) in [4.78, 5) is 23.6. The second-order valence-corrected chi connectivity index (χ2v) is 7.48. The van der Waals surface area contributed by atoms with Crippen molar-refractivity contribution in [3.8, 4) is 5.69 Å². The quantitative estimate of drug-likeness (QED) is 0.712. The number of aromatic nitrogens is 4. The first-order valence-corrected chi connectivity index (χ1v) is 9.90. The second kappa shape index (κ2) is 8.06. The fourth-order valence-corrected chi connectivity index (χ4v) is 3.85. The number of aryl methyl sites for hydroxylation is 1. The SMILES string of the molecule is CCCN1CC[C@@H](NC(=O)Cc2cc3cnn(-c4ccnc(C)c4)c3cn2)C1. The summed E-state index contributed by atoms with van der Waals surface area (Å²) >= 11 is 0. The van der Waals surface area contributed by atoms with Crippen molar-refractivity contribution >= 4 is 16.8 Å². The summed E-state index contributed by atoms with van der Waals surface area (Å²) in [6, 6.07) is 6.10. The van der Waals surface area contributed by atoms with Crippen LogP contribution in [0.15, 0.2) is 36.8 Å². The van der Waals surface area contributed by atoms with E-state index in [2.05, 4.69) is 32.2 Å². The van der Waals surface area contributed by atoms with Crippen molar-refractivity contribution in [2.45, 2.75) is 39.2 Å². The van der Waals surface area contributed by atoms with Crippen LogP contribution in [0, 0.1) is 6.92 Å². The highest BCUT2D eigenvalue weighted by Crippen LogP contribution is 2.19. The second-order valence-electron chi connectivity index (χ2n) is 7.48. The van der Waals surface area contributed by atoms with Gasteiger partial charge in [-0.3, -0.25) is 14.8 Å². The van der Waals surface area contributed by atoms with Crippen molar-refractivity contribution in [2.75, 3.05) is 19.6 Å². The summed E-state index contributed by atoms with van der Waals surface area (Å²) in [5.41, 5.74) is 3.57. The predicted molar refractivity (Wildman–Crippen MR) is 108 cm³/mol. The van der Waals surface area contributed by atoms with Crippen LogP contribution in [-0.2, 0) is 11.2 Å². The van der Waals surface area contributed by atoms with E-state index < -0.39 is 0 Å². The van der Waals surface area contributed by atoms with Gasteiger partial charge in [0.2, 0.25) is 5.91 Å².